The summed E-state index contributed by atoms with van der Waals surface area (Å²) in [5.74, 6) is 0.172. The first-order valence-electron chi connectivity index (χ1n) is 5.05. The van der Waals surface area contributed by atoms with Gasteiger partial charge in [0.2, 0.25) is 0 Å². The number of aromatic hydroxyl groups is 1. The fourth-order valence-electron chi connectivity index (χ4n) is 1.65. The zero-order chi connectivity index (χ0) is 10.7. The Kier molecular flexibility index (Phi) is 3.46. The van der Waals surface area contributed by atoms with Crippen LogP contribution in [0, 0.1) is 0 Å². The Morgan fingerprint density at radius 1 is 1.53 bits per heavy atom. The summed E-state index contributed by atoms with van der Waals surface area (Å²) in [7, 11) is 0. The number of halogens is 1. The molecule has 82 valence electrons. The summed E-state index contributed by atoms with van der Waals surface area (Å²) in [6.07, 6.45) is 1.03. The van der Waals surface area contributed by atoms with Crippen molar-refractivity contribution in [3.8, 4) is 5.75 Å². The molecule has 1 atom stereocenters. The Morgan fingerprint density at radius 3 is 3.13 bits per heavy atom. The molecule has 1 aromatic carbocycles. The quantitative estimate of drug-likeness (QED) is 0.829. The highest BCUT2D eigenvalue weighted by Crippen LogP contribution is 2.26. The van der Waals surface area contributed by atoms with Crippen LogP contribution in [0.15, 0.2) is 18.2 Å². The van der Waals surface area contributed by atoms with Crippen LogP contribution in [0.25, 0.3) is 0 Å². The number of phenolic OH excluding ortho intramolecular Hbond substituents is 1. The third kappa shape index (κ3) is 2.62. The van der Waals surface area contributed by atoms with E-state index in [1.807, 2.05) is 12.1 Å². The molecule has 1 aliphatic heterocycles. The van der Waals surface area contributed by atoms with Gasteiger partial charge in [0, 0.05) is 24.8 Å². The maximum absolute atomic E-state index is 9.67. The third-order valence-corrected chi connectivity index (χ3v) is 2.89. The molecule has 0 amide bonds. The van der Waals surface area contributed by atoms with Gasteiger partial charge in [0.15, 0.2) is 0 Å². The van der Waals surface area contributed by atoms with Crippen LogP contribution in [0.4, 0.5) is 0 Å². The molecule has 1 aromatic rings. The molecule has 1 fully saturated rings. The zero-order valence-electron chi connectivity index (χ0n) is 8.37. The maximum Gasteiger partial charge on any atom is 0.138 e. The summed E-state index contributed by atoms with van der Waals surface area (Å²) in [5.41, 5.74) is 0.828. The molecule has 1 aliphatic rings. The van der Waals surface area contributed by atoms with Crippen molar-refractivity contribution in [3.05, 3.63) is 28.8 Å². The number of para-hydroxylation sites is 1. The lowest BCUT2D eigenvalue weighted by molar-refractivity contribution is 0.189. The average Bonchev–Trinajstić information content (AvgIpc) is 2.73. The van der Waals surface area contributed by atoms with Crippen molar-refractivity contribution in [3.63, 3.8) is 0 Å². The van der Waals surface area contributed by atoms with Gasteiger partial charge >= 0.3 is 0 Å². The van der Waals surface area contributed by atoms with Crippen molar-refractivity contribution >= 4 is 11.6 Å². The van der Waals surface area contributed by atoms with Gasteiger partial charge in [-0.1, -0.05) is 23.7 Å². The number of phenols is 1. The monoisotopic (exact) mass is 227 g/mol. The minimum Gasteiger partial charge on any atom is -0.506 e. The summed E-state index contributed by atoms with van der Waals surface area (Å²) in [6, 6.07) is 5.77. The highest BCUT2D eigenvalue weighted by molar-refractivity contribution is 6.32. The van der Waals surface area contributed by atoms with Gasteiger partial charge in [0.05, 0.1) is 11.6 Å². The molecule has 0 spiro atoms. The second kappa shape index (κ2) is 4.84. The fraction of sp³-hybridized carbons (Fsp3) is 0.455. The van der Waals surface area contributed by atoms with Crippen molar-refractivity contribution in [1.29, 1.82) is 0 Å². The minimum atomic E-state index is 0.172. The minimum absolute atomic E-state index is 0.172. The van der Waals surface area contributed by atoms with Gasteiger partial charge in [-0.25, -0.2) is 0 Å². The van der Waals surface area contributed by atoms with E-state index in [-0.39, 0.29) is 5.75 Å². The van der Waals surface area contributed by atoms with Crippen LogP contribution in [-0.4, -0.2) is 24.4 Å². The molecule has 4 heteroatoms. The molecule has 15 heavy (non-hydrogen) atoms. The number of ether oxygens (including phenoxy) is 1. The number of hydrogen-bond donors (Lipinski definition) is 2. The number of rotatable bonds is 3. The van der Waals surface area contributed by atoms with E-state index in [0.29, 0.717) is 17.6 Å². The number of benzene rings is 1. The first kappa shape index (κ1) is 10.7. The lowest BCUT2D eigenvalue weighted by Gasteiger charge is -2.11. The first-order chi connectivity index (χ1) is 7.27. The van der Waals surface area contributed by atoms with E-state index < -0.39 is 0 Å². The van der Waals surface area contributed by atoms with Crippen LogP contribution in [0.3, 0.4) is 0 Å². The average molecular weight is 228 g/mol. The molecule has 1 heterocycles. The van der Waals surface area contributed by atoms with Crippen LogP contribution in [0.1, 0.15) is 12.0 Å². The molecule has 0 bridgehead atoms. The van der Waals surface area contributed by atoms with Crippen LogP contribution < -0.4 is 5.32 Å². The molecule has 3 nitrogen and oxygen atoms in total. The molecule has 0 aromatic heterocycles. The van der Waals surface area contributed by atoms with Crippen molar-refractivity contribution in [2.45, 2.75) is 19.0 Å². The third-order valence-electron chi connectivity index (χ3n) is 2.58. The topological polar surface area (TPSA) is 41.5 Å². The fourth-order valence-corrected chi connectivity index (χ4v) is 1.85. The van der Waals surface area contributed by atoms with E-state index in [1.54, 1.807) is 6.07 Å². The largest absolute Gasteiger partial charge is 0.506 e. The molecular formula is C11H14ClNO2. The van der Waals surface area contributed by atoms with Gasteiger partial charge in [-0.15, -0.1) is 0 Å². The second-order valence-electron chi connectivity index (χ2n) is 3.69. The SMILES string of the molecule is Oc1c(Cl)cccc1CNC1CCOC1. The Labute approximate surface area is 94.0 Å². The van der Waals surface area contributed by atoms with Gasteiger partial charge in [0.25, 0.3) is 0 Å². The summed E-state index contributed by atoms with van der Waals surface area (Å²) in [6.45, 7) is 2.20. The summed E-state index contributed by atoms with van der Waals surface area (Å²) in [4.78, 5) is 0. The van der Waals surface area contributed by atoms with Gasteiger partial charge in [0.1, 0.15) is 5.75 Å². The molecule has 1 unspecified atom stereocenters. The zero-order valence-corrected chi connectivity index (χ0v) is 9.13. The maximum atomic E-state index is 9.67. The van der Waals surface area contributed by atoms with Gasteiger partial charge in [-0.05, 0) is 12.5 Å². The Balaban J connectivity index is 1.95. The van der Waals surface area contributed by atoms with Crippen LogP contribution in [-0.2, 0) is 11.3 Å². The van der Waals surface area contributed by atoms with E-state index in [4.69, 9.17) is 16.3 Å². The van der Waals surface area contributed by atoms with E-state index >= 15 is 0 Å². The molecular weight excluding hydrogens is 214 g/mol. The normalized spacial score (nSPS) is 20.7. The van der Waals surface area contributed by atoms with Crippen molar-refractivity contribution in [2.75, 3.05) is 13.2 Å². The molecule has 1 saturated heterocycles. The van der Waals surface area contributed by atoms with Crippen molar-refractivity contribution in [2.24, 2.45) is 0 Å². The van der Waals surface area contributed by atoms with Gasteiger partial charge in [-0.3, -0.25) is 0 Å². The lowest BCUT2D eigenvalue weighted by Crippen LogP contribution is -2.28. The summed E-state index contributed by atoms with van der Waals surface area (Å²) < 4.78 is 5.25. The molecule has 0 aliphatic carbocycles. The standard InChI is InChI=1S/C11H14ClNO2/c12-10-3-1-2-8(11(10)14)6-13-9-4-5-15-7-9/h1-3,9,13-14H,4-7H2. The highest BCUT2D eigenvalue weighted by atomic mass is 35.5. The van der Waals surface area contributed by atoms with Crippen LogP contribution in [0.5, 0.6) is 5.75 Å². The predicted molar refractivity (Wildman–Crippen MR) is 59.2 cm³/mol. The van der Waals surface area contributed by atoms with Crippen LogP contribution in [0.2, 0.25) is 5.02 Å². The van der Waals surface area contributed by atoms with E-state index in [1.165, 1.54) is 0 Å². The molecule has 2 N–H and O–H groups in total. The summed E-state index contributed by atoms with van der Waals surface area (Å²) >= 11 is 5.81. The molecule has 2 rings (SSSR count). The Bertz CT molecular complexity index is 337. The smallest absolute Gasteiger partial charge is 0.138 e. The highest BCUT2D eigenvalue weighted by Gasteiger charge is 2.15. The van der Waals surface area contributed by atoms with Crippen molar-refractivity contribution in [1.82, 2.24) is 5.32 Å². The first-order valence-corrected chi connectivity index (χ1v) is 5.42. The van der Waals surface area contributed by atoms with E-state index in [0.717, 1.165) is 25.2 Å². The van der Waals surface area contributed by atoms with Crippen molar-refractivity contribution < 1.29 is 9.84 Å². The van der Waals surface area contributed by atoms with E-state index in [2.05, 4.69) is 5.32 Å². The van der Waals surface area contributed by atoms with Crippen LogP contribution >= 0.6 is 11.6 Å². The lowest BCUT2D eigenvalue weighted by atomic mass is 10.2. The Hall–Kier alpha value is -0.770. The second-order valence-corrected chi connectivity index (χ2v) is 4.10. The summed E-state index contributed by atoms with van der Waals surface area (Å²) in [5, 5.41) is 13.4. The van der Waals surface area contributed by atoms with E-state index in [9.17, 15) is 5.11 Å². The predicted octanol–water partition coefficient (Wildman–Crippen LogP) is 1.92. The molecule has 0 saturated carbocycles. The molecule has 0 radical (unpaired) electrons. The van der Waals surface area contributed by atoms with Gasteiger partial charge < -0.3 is 15.2 Å². The number of hydrogen-bond acceptors (Lipinski definition) is 3. The van der Waals surface area contributed by atoms with Gasteiger partial charge in [-0.2, -0.15) is 0 Å². The Morgan fingerprint density at radius 2 is 2.40 bits per heavy atom. The number of nitrogens with one attached hydrogen (secondary N) is 1.